The number of ketones is 1. The van der Waals surface area contributed by atoms with Gasteiger partial charge in [0.1, 0.15) is 11.7 Å². The number of nitrogens with zero attached hydrogens (tertiary/aromatic N) is 1. The number of carboxylic acid groups (broad SMARTS) is 1. The number of carbonyl (C=O) groups is 3. The lowest BCUT2D eigenvalue weighted by Crippen LogP contribution is -2.45. The summed E-state index contributed by atoms with van der Waals surface area (Å²) in [6, 6.07) is -2.23. The Morgan fingerprint density at radius 1 is 1.32 bits per heavy atom. The molecule has 22 heavy (non-hydrogen) atoms. The average molecular weight is 341 g/mol. The molecule has 0 aliphatic carbocycles. The van der Waals surface area contributed by atoms with E-state index in [0.29, 0.717) is 6.92 Å². The summed E-state index contributed by atoms with van der Waals surface area (Å²) in [5.74, 6) is -4.28. The molecule has 6 nitrogen and oxygen atoms in total. The first kappa shape index (κ1) is 18.0. The molecule has 1 atom stereocenters. The van der Waals surface area contributed by atoms with Crippen molar-refractivity contribution < 1.29 is 32.7 Å². The Hall–Kier alpha value is -2.03. The number of amides is 1. The molecule has 0 radical (unpaired) electrons. The Morgan fingerprint density at radius 2 is 1.82 bits per heavy atom. The van der Waals surface area contributed by atoms with Crippen LogP contribution in [0.4, 0.5) is 13.2 Å². The summed E-state index contributed by atoms with van der Waals surface area (Å²) in [7, 11) is 1.30. The number of hydrogen-bond acceptors (Lipinski definition) is 3. The third-order valence-electron chi connectivity index (χ3n) is 3.10. The highest BCUT2D eigenvalue weighted by Gasteiger charge is 2.39. The lowest BCUT2D eigenvalue weighted by molar-refractivity contribution is -0.156. The summed E-state index contributed by atoms with van der Waals surface area (Å²) in [6.45, 7) is 2.00. The van der Waals surface area contributed by atoms with Crippen LogP contribution in [-0.4, -0.2) is 39.6 Å². The van der Waals surface area contributed by atoms with Crippen molar-refractivity contribution in [2.24, 2.45) is 7.05 Å². The van der Waals surface area contributed by atoms with Crippen molar-refractivity contribution in [2.45, 2.75) is 26.1 Å². The van der Waals surface area contributed by atoms with Crippen molar-refractivity contribution in [1.29, 1.82) is 0 Å². The lowest BCUT2D eigenvalue weighted by Gasteiger charge is -2.16. The molecule has 0 unspecified atom stereocenters. The zero-order valence-electron chi connectivity index (χ0n) is 11.7. The molecule has 0 aliphatic heterocycles. The highest BCUT2D eigenvalue weighted by molar-refractivity contribution is 6.48. The molecule has 0 saturated heterocycles. The van der Waals surface area contributed by atoms with Gasteiger partial charge in [-0.05, 0) is 13.8 Å². The van der Waals surface area contributed by atoms with Crippen LogP contribution in [0.3, 0.4) is 0 Å². The van der Waals surface area contributed by atoms with Crippen LogP contribution in [0.1, 0.15) is 33.5 Å². The first-order valence-corrected chi connectivity index (χ1v) is 6.27. The number of alkyl halides is 3. The maximum Gasteiger partial charge on any atom is 0.408 e. The van der Waals surface area contributed by atoms with Crippen LogP contribution < -0.4 is 5.32 Å². The van der Waals surface area contributed by atoms with E-state index >= 15 is 0 Å². The summed E-state index contributed by atoms with van der Waals surface area (Å²) in [4.78, 5) is 34.6. The van der Waals surface area contributed by atoms with Crippen LogP contribution in [0.15, 0.2) is 0 Å². The molecule has 1 rings (SSSR count). The van der Waals surface area contributed by atoms with Gasteiger partial charge in [0.05, 0.1) is 10.6 Å². The van der Waals surface area contributed by atoms with Gasteiger partial charge >= 0.3 is 12.1 Å². The van der Waals surface area contributed by atoms with Gasteiger partial charge in [0.25, 0.3) is 11.7 Å². The third-order valence-corrected chi connectivity index (χ3v) is 3.47. The zero-order chi connectivity index (χ0) is 17.4. The molecule has 0 aromatic carbocycles. The van der Waals surface area contributed by atoms with Crippen molar-refractivity contribution in [3.05, 3.63) is 22.0 Å². The van der Waals surface area contributed by atoms with Crippen molar-refractivity contribution in [3.63, 3.8) is 0 Å². The number of Topliss-reactive ketones (excluding diaryl/α,β-unsaturated/α-hetero) is 1. The van der Waals surface area contributed by atoms with Crippen LogP contribution in [0.2, 0.25) is 5.02 Å². The normalized spacial score (nSPS) is 12.9. The summed E-state index contributed by atoms with van der Waals surface area (Å²) >= 11 is 5.77. The minimum atomic E-state index is -4.71. The molecular formula is C12H12ClF3N2O4. The quantitative estimate of drug-likeness (QED) is 0.647. The smallest absolute Gasteiger partial charge is 0.408 e. The number of hydrogen-bond donors (Lipinski definition) is 2. The largest absolute Gasteiger partial charge is 0.477 e. The number of nitrogens with one attached hydrogen (secondary N) is 1. The molecule has 1 aromatic heterocycles. The number of aromatic nitrogens is 1. The molecule has 0 spiro atoms. The number of rotatable bonds is 4. The standard InChI is InChI=1S/C12H12ClF3N2O4/c1-4-6(7(13)8(11(21)22)18(4)3)9(19)10(20)17-5(2)12(14,15)16/h5H,1-3H3,(H,17,20)(H,21,22)/t5-/m1/s1. The fourth-order valence-corrected chi connectivity index (χ4v) is 2.15. The molecule has 2 N–H and O–H groups in total. The Balaban J connectivity index is 3.17. The van der Waals surface area contributed by atoms with Crippen LogP contribution in [0, 0.1) is 6.92 Å². The third kappa shape index (κ3) is 3.24. The highest BCUT2D eigenvalue weighted by atomic mass is 35.5. The number of aromatic carboxylic acids is 1. The van der Waals surface area contributed by atoms with Crippen molar-refractivity contribution >= 4 is 29.3 Å². The number of carbonyl (C=O) groups excluding carboxylic acids is 2. The lowest BCUT2D eigenvalue weighted by atomic mass is 10.1. The Morgan fingerprint density at radius 3 is 2.18 bits per heavy atom. The highest BCUT2D eigenvalue weighted by Crippen LogP contribution is 2.28. The first-order valence-electron chi connectivity index (χ1n) is 5.89. The molecule has 0 fully saturated rings. The molecule has 1 amide bonds. The van der Waals surface area contributed by atoms with Gasteiger partial charge in [-0.1, -0.05) is 11.6 Å². The number of carboxylic acids is 1. The maximum absolute atomic E-state index is 12.4. The van der Waals surface area contributed by atoms with E-state index in [1.54, 1.807) is 0 Å². The SMILES string of the molecule is Cc1c(C(=O)C(=O)N[C@H](C)C(F)(F)F)c(Cl)c(C(=O)O)n1C. The fraction of sp³-hybridized carbons (Fsp3) is 0.417. The molecular weight excluding hydrogens is 329 g/mol. The van der Waals surface area contributed by atoms with Crippen LogP contribution in [0.25, 0.3) is 0 Å². The van der Waals surface area contributed by atoms with Gasteiger partial charge in [0, 0.05) is 12.7 Å². The van der Waals surface area contributed by atoms with Crippen LogP contribution >= 0.6 is 11.6 Å². The van der Waals surface area contributed by atoms with E-state index in [2.05, 4.69) is 0 Å². The Kier molecular flexibility index (Phi) is 4.91. The second-order valence-corrected chi connectivity index (χ2v) is 4.93. The maximum atomic E-state index is 12.4. The molecule has 122 valence electrons. The van der Waals surface area contributed by atoms with E-state index in [1.807, 2.05) is 0 Å². The van der Waals surface area contributed by atoms with E-state index in [1.165, 1.54) is 19.3 Å². The second-order valence-electron chi connectivity index (χ2n) is 4.55. The van der Waals surface area contributed by atoms with E-state index < -0.39 is 46.2 Å². The second kappa shape index (κ2) is 5.99. The van der Waals surface area contributed by atoms with Crippen LogP contribution in [0.5, 0.6) is 0 Å². The minimum absolute atomic E-state index is 0.0576. The predicted molar refractivity (Wildman–Crippen MR) is 70.1 cm³/mol. The summed E-state index contributed by atoms with van der Waals surface area (Å²) in [5, 5.41) is 10.00. The summed E-state index contributed by atoms with van der Waals surface area (Å²) in [5.41, 5.74) is -0.810. The average Bonchev–Trinajstić information content (AvgIpc) is 2.58. The van der Waals surface area contributed by atoms with Gasteiger partial charge in [0.2, 0.25) is 0 Å². The predicted octanol–water partition coefficient (Wildman–Crippen LogP) is 1.93. The molecule has 0 bridgehead atoms. The monoisotopic (exact) mass is 340 g/mol. The van der Waals surface area contributed by atoms with Gasteiger partial charge in [-0.15, -0.1) is 0 Å². The van der Waals surface area contributed by atoms with Crippen molar-refractivity contribution in [1.82, 2.24) is 9.88 Å². The van der Waals surface area contributed by atoms with Crippen molar-refractivity contribution in [3.8, 4) is 0 Å². The zero-order valence-corrected chi connectivity index (χ0v) is 12.5. The molecule has 0 aliphatic rings. The van der Waals surface area contributed by atoms with Gasteiger partial charge in [-0.2, -0.15) is 13.2 Å². The topological polar surface area (TPSA) is 88.4 Å². The molecule has 1 heterocycles. The fourth-order valence-electron chi connectivity index (χ4n) is 1.72. The van der Waals surface area contributed by atoms with E-state index in [4.69, 9.17) is 16.7 Å². The van der Waals surface area contributed by atoms with Gasteiger partial charge < -0.3 is 15.0 Å². The Bertz CT molecular complexity index is 652. The van der Waals surface area contributed by atoms with E-state index in [0.717, 1.165) is 4.57 Å². The minimum Gasteiger partial charge on any atom is -0.477 e. The van der Waals surface area contributed by atoms with Gasteiger partial charge in [0.15, 0.2) is 0 Å². The van der Waals surface area contributed by atoms with Crippen molar-refractivity contribution in [2.75, 3.05) is 0 Å². The molecule has 0 saturated carbocycles. The summed E-state index contributed by atoms with van der Waals surface area (Å²) < 4.78 is 38.2. The van der Waals surface area contributed by atoms with Gasteiger partial charge in [-0.3, -0.25) is 9.59 Å². The summed E-state index contributed by atoms with van der Waals surface area (Å²) in [6.07, 6.45) is -4.71. The van der Waals surface area contributed by atoms with E-state index in [9.17, 15) is 27.6 Å². The first-order chi connectivity index (χ1) is 9.89. The van der Waals surface area contributed by atoms with E-state index in [-0.39, 0.29) is 5.69 Å². The molecule has 10 heteroatoms. The Labute approximate surface area is 127 Å². The molecule has 1 aromatic rings. The number of halogens is 4. The van der Waals surface area contributed by atoms with Crippen LogP contribution in [-0.2, 0) is 11.8 Å². The van der Waals surface area contributed by atoms with Gasteiger partial charge in [-0.25, -0.2) is 4.79 Å².